The van der Waals surface area contributed by atoms with Gasteiger partial charge in [0.2, 0.25) is 17.7 Å². The standard InChI is InChI=1S/C47H77N5O13/c1-8-39(55)38-29-36(54)30-51(38)47(64)34(17-22-44(60)61)27-35(53)18-19-41(57)33(28-42(58)37-15-12-24-50(37)43(59)21-20-40(56)32(3)48-4)14-9-10-23-49-46(63)31(2)13-11-16-45(62)65-26-25-52(5,6)7/h31-34,36-38,48,54H,8-30H2,1-7H3,(H-,49,60,61,63). The van der Waals surface area contributed by atoms with E-state index in [4.69, 9.17) is 4.74 Å². The molecular formula is C47H77N5O13. The van der Waals surface area contributed by atoms with Crippen molar-refractivity contribution in [3.05, 3.63) is 0 Å². The number of unbranched alkanes of at least 4 members (excludes halogenated alkanes) is 1. The molecule has 0 aromatic rings. The number of β-amino-alcohol motifs (C(OH)–C–C–N with tert-alkyl or cyclic N) is 1. The van der Waals surface area contributed by atoms with E-state index in [1.807, 2.05) is 21.1 Å². The summed E-state index contributed by atoms with van der Waals surface area (Å²) in [5.74, 6) is -6.67. The number of nitrogens with zero attached hydrogens (tertiary/aromatic N) is 3. The lowest BCUT2D eigenvalue weighted by Gasteiger charge is -2.28. The molecule has 0 aromatic carbocycles. The van der Waals surface area contributed by atoms with Crippen LogP contribution >= 0.6 is 0 Å². The number of carbonyl (C=O) groups excluding carboxylic acids is 10. The fraction of sp³-hybridized carbons (Fsp3) is 0.787. The summed E-state index contributed by atoms with van der Waals surface area (Å²) in [5, 5.41) is 27.4. The number of carboxylic acids is 1. The number of hydrogen-bond acceptors (Lipinski definition) is 14. The van der Waals surface area contributed by atoms with Gasteiger partial charge in [0.1, 0.15) is 30.5 Å². The van der Waals surface area contributed by atoms with Gasteiger partial charge in [-0.3, -0.25) is 43.2 Å². The van der Waals surface area contributed by atoms with Crippen molar-refractivity contribution in [2.24, 2.45) is 17.8 Å². The number of ether oxygens (including phenoxy) is 1. The monoisotopic (exact) mass is 920 g/mol. The number of ketones is 5. The Kier molecular flexibility index (Phi) is 24.9. The molecule has 0 spiro atoms. The highest BCUT2D eigenvalue weighted by molar-refractivity contribution is 5.96. The van der Waals surface area contributed by atoms with E-state index < -0.39 is 66.6 Å². The fourth-order valence-electron chi connectivity index (χ4n) is 8.28. The number of Topliss-reactive ketones (excluding diaryl/α,β-unsaturated/α-hetero) is 5. The maximum Gasteiger partial charge on any atom is 0.305 e. The first-order valence-electron chi connectivity index (χ1n) is 23.6. The number of likely N-dealkylation sites (N-methyl/N-ethyl adjacent to an activating group) is 2. The van der Waals surface area contributed by atoms with Crippen molar-refractivity contribution in [2.75, 3.05) is 61.0 Å². The third kappa shape index (κ3) is 20.7. The Bertz CT molecular complexity index is 1660. The molecular weight excluding hydrogens is 843 g/mol. The van der Waals surface area contributed by atoms with Gasteiger partial charge in [-0.05, 0) is 65.3 Å². The summed E-state index contributed by atoms with van der Waals surface area (Å²) in [6.45, 7) is 6.64. The summed E-state index contributed by atoms with van der Waals surface area (Å²) in [6.07, 6.45) is 0.687. The first kappa shape index (κ1) is 56.7. The van der Waals surface area contributed by atoms with Gasteiger partial charge in [-0.1, -0.05) is 20.3 Å². The van der Waals surface area contributed by atoms with Gasteiger partial charge < -0.3 is 44.7 Å². The number of esters is 1. The number of nitrogens with one attached hydrogen (secondary N) is 2. The van der Waals surface area contributed by atoms with E-state index in [2.05, 4.69) is 10.6 Å². The third-order valence-corrected chi connectivity index (χ3v) is 12.6. The van der Waals surface area contributed by atoms with Gasteiger partial charge in [-0.25, -0.2) is 0 Å². The molecule has 0 saturated carbocycles. The highest BCUT2D eigenvalue weighted by Gasteiger charge is 2.41. The summed E-state index contributed by atoms with van der Waals surface area (Å²) in [7, 11) is 7.66. The second kappa shape index (κ2) is 28.6. The molecule has 7 atom stereocenters. The van der Waals surface area contributed by atoms with Crippen molar-refractivity contribution >= 4 is 58.6 Å². The van der Waals surface area contributed by atoms with Crippen LogP contribution in [0.5, 0.6) is 0 Å². The number of rotatable bonds is 33. The van der Waals surface area contributed by atoms with Crippen LogP contribution in [0.2, 0.25) is 0 Å². The zero-order valence-corrected chi connectivity index (χ0v) is 40.0. The number of likely N-dealkylation sites (tertiary alicyclic amines) is 2. The highest BCUT2D eigenvalue weighted by Crippen LogP contribution is 2.28. The second-order valence-corrected chi connectivity index (χ2v) is 18.9. The number of hydrogen-bond donors (Lipinski definition) is 3. The summed E-state index contributed by atoms with van der Waals surface area (Å²) in [4.78, 5) is 132. The highest BCUT2D eigenvalue weighted by atomic mass is 16.5. The van der Waals surface area contributed by atoms with E-state index in [0.717, 1.165) is 0 Å². The number of aliphatic carboxylic acids is 1. The molecule has 18 nitrogen and oxygen atoms in total. The molecule has 0 aromatic heterocycles. The molecule has 0 aliphatic carbocycles. The van der Waals surface area contributed by atoms with Crippen LogP contribution in [0.4, 0.5) is 0 Å². The largest absolute Gasteiger partial charge is 0.550 e. The molecule has 2 fully saturated rings. The Balaban J connectivity index is 2.08. The van der Waals surface area contributed by atoms with E-state index in [1.54, 1.807) is 27.8 Å². The molecule has 0 bridgehead atoms. The topological polar surface area (TPSA) is 254 Å². The normalized spacial score (nSPS) is 19.2. The van der Waals surface area contributed by atoms with Gasteiger partial charge in [0.05, 0.1) is 45.4 Å². The molecule has 2 saturated heterocycles. The average molecular weight is 920 g/mol. The van der Waals surface area contributed by atoms with Crippen LogP contribution in [0.15, 0.2) is 0 Å². The van der Waals surface area contributed by atoms with Crippen molar-refractivity contribution in [3.63, 3.8) is 0 Å². The van der Waals surface area contributed by atoms with Crippen molar-refractivity contribution in [3.8, 4) is 0 Å². The van der Waals surface area contributed by atoms with E-state index in [9.17, 15) is 58.2 Å². The van der Waals surface area contributed by atoms with Crippen LogP contribution in [0.3, 0.4) is 0 Å². The molecule has 18 heteroatoms. The number of carboxylic acid groups (broad SMARTS) is 1. The Morgan fingerprint density at radius 2 is 1.48 bits per heavy atom. The lowest BCUT2D eigenvalue weighted by atomic mass is 9.86. The zero-order valence-electron chi connectivity index (χ0n) is 40.0. The summed E-state index contributed by atoms with van der Waals surface area (Å²) >= 11 is 0. The van der Waals surface area contributed by atoms with Crippen molar-refractivity contribution in [2.45, 2.75) is 161 Å². The van der Waals surface area contributed by atoms with Gasteiger partial charge in [0.25, 0.3) is 0 Å². The fourth-order valence-corrected chi connectivity index (χ4v) is 8.28. The maximum atomic E-state index is 13.9. The van der Waals surface area contributed by atoms with Crippen LogP contribution in [0.1, 0.15) is 136 Å². The average Bonchev–Trinajstić information content (AvgIpc) is 3.91. The molecule has 2 aliphatic heterocycles. The summed E-state index contributed by atoms with van der Waals surface area (Å²) < 4.78 is 5.96. The molecule has 368 valence electrons. The predicted molar refractivity (Wildman–Crippen MR) is 237 cm³/mol. The molecule has 3 N–H and O–H groups in total. The van der Waals surface area contributed by atoms with Crippen LogP contribution in [0.25, 0.3) is 0 Å². The van der Waals surface area contributed by atoms with Crippen LogP contribution in [-0.2, 0) is 52.7 Å². The first-order chi connectivity index (χ1) is 30.6. The quantitative estimate of drug-likeness (QED) is 0.0476. The van der Waals surface area contributed by atoms with E-state index in [1.165, 1.54) is 9.80 Å². The van der Waals surface area contributed by atoms with E-state index in [-0.39, 0.29) is 118 Å². The van der Waals surface area contributed by atoms with Crippen LogP contribution < -0.4 is 15.7 Å². The summed E-state index contributed by atoms with van der Waals surface area (Å²) in [6, 6.07) is -2.07. The summed E-state index contributed by atoms with van der Waals surface area (Å²) in [5.41, 5.74) is 0. The minimum atomic E-state index is -1.42. The number of aliphatic hydroxyl groups excluding tert-OH is 1. The number of aliphatic hydroxyl groups is 1. The van der Waals surface area contributed by atoms with Crippen LogP contribution in [-0.4, -0.2) is 163 Å². The Hall–Kier alpha value is -4.42. The van der Waals surface area contributed by atoms with Gasteiger partial charge in [0, 0.05) is 101 Å². The minimum Gasteiger partial charge on any atom is -0.550 e. The molecule has 0 radical (unpaired) electrons. The Morgan fingerprint density at radius 3 is 2.12 bits per heavy atom. The van der Waals surface area contributed by atoms with E-state index >= 15 is 0 Å². The number of carbonyl (C=O) groups is 10. The molecule has 65 heavy (non-hydrogen) atoms. The van der Waals surface area contributed by atoms with Crippen molar-refractivity contribution in [1.82, 2.24) is 20.4 Å². The van der Waals surface area contributed by atoms with Gasteiger partial charge in [0.15, 0.2) is 11.6 Å². The lowest BCUT2D eigenvalue weighted by molar-refractivity contribution is -0.870. The third-order valence-electron chi connectivity index (χ3n) is 12.6. The second-order valence-electron chi connectivity index (χ2n) is 18.9. The predicted octanol–water partition coefficient (Wildman–Crippen LogP) is 1.25. The Morgan fingerprint density at radius 1 is 0.785 bits per heavy atom. The van der Waals surface area contributed by atoms with Crippen LogP contribution in [0, 0.1) is 17.8 Å². The molecule has 3 amide bonds. The molecule has 2 rings (SSSR count). The van der Waals surface area contributed by atoms with E-state index in [0.29, 0.717) is 69.2 Å². The zero-order chi connectivity index (χ0) is 48.9. The smallest absolute Gasteiger partial charge is 0.305 e. The van der Waals surface area contributed by atoms with Crippen molar-refractivity contribution < 1.29 is 67.4 Å². The molecule has 2 heterocycles. The first-order valence-corrected chi connectivity index (χ1v) is 23.6. The minimum absolute atomic E-state index is 0.0196. The lowest BCUT2D eigenvalue weighted by Crippen LogP contribution is -2.44. The number of amides is 3. The Labute approximate surface area is 384 Å². The SMILES string of the molecule is CCC(=O)C1CC(O)CN1C(=O)C(CCC(=O)[O-])CC(=O)CCC(=O)C(CCCCNC(=O)C(C)CCCC(=O)OCC[N+](C)(C)C)CC(=O)C1CCCN1C(=O)CCC(=O)C(C)NC. The molecule has 7 unspecified atom stereocenters. The van der Waals surface area contributed by atoms with Gasteiger partial charge in [-0.15, -0.1) is 0 Å². The maximum absolute atomic E-state index is 13.9. The number of quaternary nitrogens is 1. The van der Waals surface area contributed by atoms with Gasteiger partial charge >= 0.3 is 5.97 Å². The molecule has 2 aliphatic rings. The van der Waals surface area contributed by atoms with Gasteiger partial charge in [-0.2, -0.15) is 0 Å². The van der Waals surface area contributed by atoms with Crippen molar-refractivity contribution in [1.29, 1.82) is 0 Å².